The molecule has 0 aliphatic carbocycles. The maximum absolute atomic E-state index is 11.1. The van der Waals surface area contributed by atoms with Gasteiger partial charge in [0.15, 0.2) is 0 Å². The molecule has 0 radical (unpaired) electrons. The van der Waals surface area contributed by atoms with Gasteiger partial charge in [-0.1, -0.05) is 23.7 Å². The first kappa shape index (κ1) is 13.4. The summed E-state index contributed by atoms with van der Waals surface area (Å²) in [5.74, 6) is -0.933. The van der Waals surface area contributed by atoms with Crippen LogP contribution in [-0.2, 0) is 11.3 Å². The van der Waals surface area contributed by atoms with Crippen molar-refractivity contribution >= 4 is 17.6 Å². The van der Waals surface area contributed by atoms with E-state index in [1.165, 1.54) is 0 Å². The Labute approximate surface area is 112 Å². The molecule has 0 spiro atoms. The molecule has 1 aliphatic rings. The van der Waals surface area contributed by atoms with Gasteiger partial charge in [-0.2, -0.15) is 0 Å². The monoisotopic (exact) mass is 267 g/mol. The number of carbonyl (C=O) groups is 1. The molecular weight excluding hydrogens is 250 g/mol. The standard InChI is InChI=1S/C14H18ClNO2/c1-9-3-4-11(7-13(9)15)8-16-6-5-12(10(16)2)14(17)18/h3-4,7,10,12H,5-6,8H2,1-2H3,(H,17,18). The van der Waals surface area contributed by atoms with E-state index in [0.717, 1.165) is 35.7 Å². The van der Waals surface area contributed by atoms with E-state index >= 15 is 0 Å². The first-order valence-electron chi connectivity index (χ1n) is 6.21. The van der Waals surface area contributed by atoms with Gasteiger partial charge in [0, 0.05) is 17.6 Å². The minimum atomic E-state index is -0.688. The van der Waals surface area contributed by atoms with Crippen LogP contribution in [0.4, 0.5) is 0 Å². The van der Waals surface area contributed by atoms with Gasteiger partial charge >= 0.3 is 5.97 Å². The van der Waals surface area contributed by atoms with Crippen LogP contribution in [0.15, 0.2) is 18.2 Å². The number of nitrogens with zero attached hydrogens (tertiary/aromatic N) is 1. The number of likely N-dealkylation sites (tertiary alicyclic amines) is 1. The molecule has 0 bridgehead atoms. The number of benzene rings is 1. The summed E-state index contributed by atoms with van der Waals surface area (Å²) >= 11 is 6.10. The number of hydrogen-bond acceptors (Lipinski definition) is 2. The molecule has 1 N–H and O–H groups in total. The second-order valence-electron chi connectivity index (χ2n) is 5.03. The largest absolute Gasteiger partial charge is 0.481 e. The summed E-state index contributed by atoms with van der Waals surface area (Å²) in [4.78, 5) is 13.3. The van der Waals surface area contributed by atoms with Crippen LogP contribution < -0.4 is 0 Å². The van der Waals surface area contributed by atoms with Gasteiger partial charge in [0.05, 0.1) is 5.92 Å². The summed E-state index contributed by atoms with van der Waals surface area (Å²) in [7, 11) is 0. The fourth-order valence-electron chi connectivity index (χ4n) is 2.53. The third-order valence-corrected chi connectivity index (χ3v) is 4.23. The zero-order valence-electron chi connectivity index (χ0n) is 10.7. The normalized spacial score (nSPS) is 24.4. The summed E-state index contributed by atoms with van der Waals surface area (Å²) in [6.45, 7) is 5.57. The molecule has 18 heavy (non-hydrogen) atoms. The van der Waals surface area contributed by atoms with Crippen LogP contribution in [0.2, 0.25) is 5.02 Å². The molecule has 2 rings (SSSR count). The van der Waals surface area contributed by atoms with Gasteiger partial charge in [-0.3, -0.25) is 9.69 Å². The fraction of sp³-hybridized carbons (Fsp3) is 0.500. The van der Waals surface area contributed by atoms with Crippen LogP contribution in [0.1, 0.15) is 24.5 Å². The van der Waals surface area contributed by atoms with Crippen molar-refractivity contribution in [2.45, 2.75) is 32.9 Å². The SMILES string of the molecule is Cc1ccc(CN2CCC(C(=O)O)C2C)cc1Cl. The van der Waals surface area contributed by atoms with Gasteiger partial charge in [-0.05, 0) is 44.0 Å². The van der Waals surface area contributed by atoms with Crippen molar-refractivity contribution in [1.29, 1.82) is 0 Å². The van der Waals surface area contributed by atoms with Gasteiger partial charge in [-0.25, -0.2) is 0 Å². The highest BCUT2D eigenvalue weighted by Crippen LogP contribution is 2.27. The first-order chi connectivity index (χ1) is 8.49. The molecular formula is C14H18ClNO2. The van der Waals surface area contributed by atoms with E-state index in [2.05, 4.69) is 11.0 Å². The van der Waals surface area contributed by atoms with Crippen molar-refractivity contribution in [3.05, 3.63) is 34.3 Å². The molecule has 1 saturated heterocycles. The lowest BCUT2D eigenvalue weighted by molar-refractivity contribution is -0.142. The molecule has 0 saturated carbocycles. The van der Waals surface area contributed by atoms with E-state index in [4.69, 9.17) is 16.7 Å². The minimum Gasteiger partial charge on any atom is -0.481 e. The van der Waals surface area contributed by atoms with Gasteiger partial charge in [0.1, 0.15) is 0 Å². The Hall–Kier alpha value is -1.06. The van der Waals surface area contributed by atoms with Crippen molar-refractivity contribution in [3.8, 4) is 0 Å². The lowest BCUT2D eigenvalue weighted by atomic mass is 10.0. The molecule has 2 unspecified atom stereocenters. The fourth-order valence-corrected chi connectivity index (χ4v) is 2.73. The average molecular weight is 268 g/mol. The van der Waals surface area contributed by atoms with Crippen molar-refractivity contribution in [1.82, 2.24) is 4.90 Å². The third kappa shape index (κ3) is 2.68. The average Bonchev–Trinajstić information content (AvgIpc) is 2.66. The Morgan fingerprint density at radius 1 is 1.56 bits per heavy atom. The van der Waals surface area contributed by atoms with Crippen LogP contribution in [-0.4, -0.2) is 28.6 Å². The van der Waals surface area contributed by atoms with E-state index in [1.807, 2.05) is 26.0 Å². The third-order valence-electron chi connectivity index (χ3n) is 3.82. The van der Waals surface area contributed by atoms with Crippen LogP contribution in [0, 0.1) is 12.8 Å². The maximum Gasteiger partial charge on any atom is 0.308 e. The molecule has 98 valence electrons. The van der Waals surface area contributed by atoms with Crippen LogP contribution >= 0.6 is 11.6 Å². The zero-order chi connectivity index (χ0) is 13.3. The molecule has 2 atom stereocenters. The molecule has 1 heterocycles. The number of aryl methyl sites for hydroxylation is 1. The molecule has 1 aromatic rings. The first-order valence-corrected chi connectivity index (χ1v) is 6.58. The predicted octanol–water partition coefficient (Wildman–Crippen LogP) is 2.94. The number of halogens is 1. The highest BCUT2D eigenvalue weighted by molar-refractivity contribution is 6.31. The molecule has 0 amide bonds. The maximum atomic E-state index is 11.1. The minimum absolute atomic E-state index is 0.0857. The number of aliphatic carboxylic acids is 1. The van der Waals surface area contributed by atoms with Crippen LogP contribution in [0.5, 0.6) is 0 Å². The Balaban J connectivity index is 2.06. The van der Waals surface area contributed by atoms with E-state index in [0.29, 0.717) is 0 Å². The van der Waals surface area contributed by atoms with Gasteiger partial charge < -0.3 is 5.11 Å². The second-order valence-corrected chi connectivity index (χ2v) is 5.44. The van der Waals surface area contributed by atoms with Gasteiger partial charge in [0.2, 0.25) is 0 Å². The summed E-state index contributed by atoms with van der Waals surface area (Å²) < 4.78 is 0. The summed E-state index contributed by atoms with van der Waals surface area (Å²) in [6.07, 6.45) is 0.732. The Bertz CT molecular complexity index is 461. The van der Waals surface area contributed by atoms with Crippen molar-refractivity contribution in [3.63, 3.8) is 0 Å². The Morgan fingerprint density at radius 2 is 2.28 bits per heavy atom. The molecule has 0 aromatic heterocycles. The predicted molar refractivity (Wildman–Crippen MR) is 71.8 cm³/mol. The zero-order valence-corrected chi connectivity index (χ0v) is 11.4. The summed E-state index contributed by atoms with van der Waals surface area (Å²) in [5.41, 5.74) is 2.21. The van der Waals surface area contributed by atoms with Crippen molar-refractivity contribution in [2.24, 2.45) is 5.92 Å². The summed E-state index contributed by atoms with van der Waals surface area (Å²) in [6, 6.07) is 6.12. The lowest BCUT2D eigenvalue weighted by Crippen LogP contribution is -2.32. The van der Waals surface area contributed by atoms with Gasteiger partial charge in [-0.15, -0.1) is 0 Å². The van der Waals surface area contributed by atoms with E-state index in [1.54, 1.807) is 0 Å². The topological polar surface area (TPSA) is 40.5 Å². The Kier molecular flexibility index (Phi) is 3.93. The number of carboxylic acid groups (broad SMARTS) is 1. The number of hydrogen-bond donors (Lipinski definition) is 1. The highest BCUT2D eigenvalue weighted by atomic mass is 35.5. The van der Waals surface area contributed by atoms with Crippen molar-refractivity contribution in [2.75, 3.05) is 6.54 Å². The van der Waals surface area contributed by atoms with Crippen LogP contribution in [0.25, 0.3) is 0 Å². The highest BCUT2D eigenvalue weighted by Gasteiger charge is 2.35. The Morgan fingerprint density at radius 3 is 2.83 bits per heavy atom. The summed E-state index contributed by atoms with van der Waals surface area (Å²) in [5, 5.41) is 9.87. The number of carboxylic acids is 1. The second kappa shape index (κ2) is 5.29. The molecule has 1 fully saturated rings. The van der Waals surface area contributed by atoms with E-state index in [-0.39, 0.29) is 12.0 Å². The quantitative estimate of drug-likeness (QED) is 0.915. The van der Waals surface area contributed by atoms with Crippen LogP contribution in [0.3, 0.4) is 0 Å². The number of rotatable bonds is 3. The van der Waals surface area contributed by atoms with E-state index < -0.39 is 5.97 Å². The van der Waals surface area contributed by atoms with E-state index in [9.17, 15) is 4.79 Å². The molecule has 3 nitrogen and oxygen atoms in total. The molecule has 1 aromatic carbocycles. The van der Waals surface area contributed by atoms with Crippen molar-refractivity contribution < 1.29 is 9.90 Å². The smallest absolute Gasteiger partial charge is 0.308 e. The van der Waals surface area contributed by atoms with Gasteiger partial charge in [0.25, 0.3) is 0 Å². The lowest BCUT2D eigenvalue weighted by Gasteiger charge is -2.23. The molecule has 4 heteroatoms. The molecule has 1 aliphatic heterocycles.